The predicted molar refractivity (Wildman–Crippen MR) is 85.5 cm³/mol. The van der Waals surface area contributed by atoms with Crippen LogP contribution in [-0.2, 0) is 9.53 Å². The molecule has 0 atom stereocenters. The van der Waals surface area contributed by atoms with Crippen molar-refractivity contribution in [1.29, 1.82) is 0 Å². The first-order valence-corrected chi connectivity index (χ1v) is 7.15. The molecule has 0 saturated heterocycles. The van der Waals surface area contributed by atoms with Crippen molar-refractivity contribution in [2.45, 2.75) is 0 Å². The molecule has 0 aliphatic heterocycles. The molecule has 124 valence electrons. The highest BCUT2D eigenvalue weighted by Crippen LogP contribution is 2.22. The van der Waals surface area contributed by atoms with Gasteiger partial charge in [-0.2, -0.15) is 0 Å². The summed E-state index contributed by atoms with van der Waals surface area (Å²) in [5.41, 5.74) is 4.49. The van der Waals surface area contributed by atoms with E-state index in [1.54, 1.807) is 30.3 Å². The first-order chi connectivity index (χ1) is 11.5. The highest BCUT2D eigenvalue weighted by Gasteiger charge is 2.15. The van der Waals surface area contributed by atoms with Gasteiger partial charge in [0.15, 0.2) is 6.61 Å². The van der Waals surface area contributed by atoms with E-state index in [1.807, 2.05) is 0 Å². The number of benzene rings is 2. The van der Waals surface area contributed by atoms with Crippen LogP contribution in [0.15, 0.2) is 48.5 Å². The first-order valence-electron chi connectivity index (χ1n) is 6.77. The van der Waals surface area contributed by atoms with Crippen molar-refractivity contribution >= 4 is 29.4 Å². The Morgan fingerprint density at radius 1 is 1.04 bits per heavy atom. The summed E-state index contributed by atoms with van der Waals surface area (Å²) in [5.74, 6) is -2.49. The van der Waals surface area contributed by atoms with E-state index < -0.39 is 24.4 Å². The van der Waals surface area contributed by atoms with E-state index in [2.05, 4.69) is 10.9 Å². The van der Waals surface area contributed by atoms with Gasteiger partial charge in [-0.25, -0.2) is 4.79 Å². The molecule has 2 amide bonds. The van der Waals surface area contributed by atoms with Gasteiger partial charge in [0.25, 0.3) is 11.8 Å². The van der Waals surface area contributed by atoms with E-state index in [-0.39, 0.29) is 16.3 Å². The number of aromatic hydroxyl groups is 1. The number of phenolic OH excluding ortho intramolecular Hbond substituents is 1. The van der Waals surface area contributed by atoms with Crippen LogP contribution in [0.25, 0.3) is 0 Å². The van der Waals surface area contributed by atoms with Gasteiger partial charge in [0, 0.05) is 10.6 Å². The molecule has 0 saturated carbocycles. The molecule has 8 heteroatoms. The highest BCUT2D eigenvalue weighted by molar-refractivity contribution is 6.31. The second-order valence-corrected chi connectivity index (χ2v) is 5.04. The zero-order valence-corrected chi connectivity index (χ0v) is 13.0. The van der Waals surface area contributed by atoms with E-state index in [0.29, 0.717) is 5.56 Å². The minimum atomic E-state index is -0.917. The molecule has 2 aromatic rings. The fourth-order valence-electron chi connectivity index (χ4n) is 1.70. The maximum Gasteiger partial charge on any atom is 0.342 e. The SMILES string of the molecule is O=C(COC(=O)c1cc(Cl)ccc1O)NNC(=O)c1ccccc1. The van der Waals surface area contributed by atoms with Gasteiger partial charge in [-0.3, -0.25) is 20.4 Å². The standard InChI is InChI=1S/C16H13ClN2O5/c17-11-6-7-13(20)12(8-11)16(23)24-9-14(21)18-19-15(22)10-4-2-1-3-5-10/h1-8,20H,9H2,(H,18,21)(H,19,22). The number of esters is 1. The lowest BCUT2D eigenvalue weighted by Gasteiger charge is -2.09. The van der Waals surface area contributed by atoms with Crippen LogP contribution in [0, 0.1) is 0 Å². The molecule has 0 radical (unpaired) electrons. The van der Waals surface area contributed by atoms with E-state index in [9.17, 15) is 19.5 Å². The quantitative estimate of drug-likeness (QED) is 0.576. The van der Waals surface area contributed by atoms with Gasteiger partial charge in [-0.05, 0) is 30.3 Å². The van der Waals surface area contributed by atoms with Crippen molar-refractivity contribution in [2.24, 2.45) is 0 Å². The highest BCUT2D eigenvalue weighted by atomic mass is 35.5. The Balaban J connectivity index is 1.82. The maximum atomic E-state index is 11.8. The van der Waals surface area contributed by atoms with Crippen LogP contribution in [0.3, 0.4) is 0 Å². The zero-order chi connectivity index (χ0) is 17.5. The largest absolute Gasteiger partial charge is 0.507 e. The Bertz CT molecular complexity index is 764. The molecule has 0 aliphatic rings. The van der Waals surface area contributed by atoms with E-state index >= 15 is 0 Å². The average molecular weight is 349 g/mol. The number of nitrogens with one attached hydrogen (secondary N) is 2. The molecule has 2 rings (SSSR count). The van der Waals surface area contributed by atoms with E-state index in [0.717, 1.165) is 0 Å². The number of carbonyl (C=O) groups excluding carboxylic acids is 3. The third-order valence-corrected chi connectivity index (χ3v) is 3.10. The number of carbonyl (C=O) groups is 3. The topological polar surface area (TPSA) is 105 Å². The number of phenols is 1. The normalized spacial score (nSPS) is 9.88. The van der Waals surface area contributed by atoms with Gasteiger partial charge in [0.1, 0.15) is 11.3 Å². The Hall–Kier alpha value is -3.06. The van der Waals surface area contributed by atoms with Crippen molar-refractivity contribution in [3.8, 4) is 5.75 Å². The van der Waals surface area contributed by atoms with Gasteiger partial charge in [-0.15, -0.1) is 0 Å². The minimum Gasteiger partial charge on any atom is -0.507 e. The molecule has 2 aromatic carbocycles. The number of hydrogen-bond donors (Lipinski definition) is 3. The van der Waals surface area contributed by atoms with Crippen LogP contribution in [0.4, 0.5) is 0 Å². The zero-order valence-electron chi connectivity index (χ0n) is 12.3. The number of ether oxygens (including phenoxy) is 1. The third-order valence-electron chi connectivity index (χ3n) is 2.86. The van der Waals surface area contributed by atoms with Gasteiger partial charge in [0.2, 0.25) is 0 Å². The summed E-state index contributed by atoms with van der Waals surface area (Å²) in [6, 6.07) is 12.1. The molecule has 0 unspecified atom stereocenters. The number of rotatable bonds is 4. The summed E-state index contributed by atoms with van der Waals surface area (Å²) in [4.78, 5) is 35.1. The van der Waals surface area contributed by atoms with Gasteiger partial charge in [0.05, 0.1) is 0 Å². The molecule has 7 nitrogen and oxygen atoms in total. The molecular weight excluding hydrogens is 336 g/mol. The van der Waals surface area contributed by atoms with E-state index in [1.165, 1.54) is 18.2 Å². The predicted octanol–water partition coefficient (Wildman–Crippen LogP) is 1.66. The lowest BCUT2D eigenvalue weighted by molar-refractivity contribution is -0.125. The summed E-state index contributed by atoms with van der Waals surface area (Å²) in [6.45, 7) is -0.639. The fourth-order valence-corrected chi connectivity index (χ4v) is 1.88. The van der Waals surface area contributed by atoms with Crippen LogP contribution in [0.2, 0.25) is 5.02 Å². The van der Waals surface area contributed by atoms with Gasteiger partial charge < -0.3 is 9.84 Å². The Kier molecular flexibility index (Phi) is 5.75. The van der Waals surface area contributed by atoms with Crippen LogP contribution >= 0.6 is 11.6 Å². The molecule has 0 aromatic heterocycles. The van der Waals surface area contributed by atoms with Crippen LogP contribution in [0.5, 0.6) is 5.75 Å². The summed E-state index contributed by atoms with van der Waals surface area (Å²) >= 11 is 5.72. The van der Waals surface area contributed by atoms with E-state index in [4.69, 9.17) is 16.3 Å². The second-order valence-electron chi connectivity index (χ2n) is 4.61. The van der Waals surface area contributed by atoms with Gasteiger partial charge in [-0.1, -0.05) is 29.8 Å². The summed E-state index contributed by atoms with van der Waals surface area (Å²) in [6.07, 6.45) is 0. The fraction of sp³-hybridized carbons (Fsp3) is 0.0625. The summed E-state index contributed by atoms with van der Waals surface area (Å²) in [5, 5.41) is 9.79. The Morgan fingerprint density at radius 3 is 2.46 bits per heavy atom. The second kappa shape index (κ2) is 7.98. The molecule has 3 N–H and O–H groups in total. The van der Waals surface area contributed by atoms with Crippen molar-refractivity contribution in [3.05, 3.63) is 64.7 Å². The van der Waals surface area contributed by atoms with Crippen molar-refractivity contribution < 1.29 is 24.2 Å². The molecule has 0 aliphatic carbocycles. The maximum absolute atomic E-state index is 11.8. The van der Waals surface area contributed by atoms with Crippen molar-refractivity contribution in [1.82, 2.24) is 10.9 Å². The number of hydrogen-bond acceptors (Lipinski definition) is 5. The minimum absolute atomic E-state index is 0.163. The number of hydrazine groups is 1. The Labute approximate surface area is 142 Å². The van der Waals surface area contributed by atoms with Crippen LogP contribution < -0.4 is 10.9 Å². The van der Waals surface area contributed by atoms with Crippen molar-refractivity contribution in [3.63, 3.8) is 0 Å². The molecule has 0 bridgehead atoms. The van der Waals surface area contributed by atoms with Crippen LogP contribution in [0.1, 0.15) is 20.7 Å². The van der Waals surface area contributed by atoms with Crippen molar-refractivity contribution in [2.75, 3.05) is 6.61 Å². The first kappa shape index (κ1) is 17.3. The molecule has 24 heavy (non-hydrogen) atoms. The monoisotopic (exact) mass is 348 g/mol. The average Bonchev–Trinajstić information content (AvgIpc) is 2.60. The summed E-state index contributed by atoms with van der Waals surface area (Å²) in [7, 11) is 0. The smallest absolute Gasteiger partial charge is 0.342 e. The molecule has 0 spiro atoms. The molecular formula is C16H13ClN2O5. The van der Waals surface area contributed by atoms with Gasteiger partial charge >= 0.3 is 5.97 Å². The number of amides is 2. The Morgan fingerprint density at radius 2 is 1.75 bits per heavy atom. The summed E-state index contributed by atoms with van der Waals surface area (Å²) < 4.78 is 4.74. The third kappa shape index (κ3) is 4.72. The molecule has 0 fully saturated rings. The lowest BCUT2D eigenvalue weighted by Crippen LogP contribution is -2.43. The van der Waals surface area contributed by atoms with Crippen LogP contribution in [-0.4, -0.2) is 29.5 Å². The molecule has 0 heterocycles. The number of halogens is 1. The lowest BCUT2D eigenvalue weighted by atomic mass is 10.2.